The molecule has 0 aliphatic carbocycles. The number of nitrogens with zero attached hydrogens (tertiary/aromatic N) is 2. The van der Waals surface area contributed by atoms with Crippen molar-refractivity contribution < 1.29 is 19.1 Å². The molecule has 0 fully saturated rings. The molecule has 0 saturated heterocycles. The second-order valence-corrected chi connectivity index (χ2v) is 8.60. The summed E-state index contributed by atoms with van der Waals surface area (Å²) in [6.07, 6.45) is 17.0. The van der Waals surface area contributed by atoms with Crippen LogP contribution in [0.25, 0.3) is 11.4 Å². The van der Waals surface area contributed by atoms with Gasteiger partial charge in [0.2, 0.25) is 0 Å². The number of carbonyl (C=O) groups is 2. The average molecular weight is 467 g/mol. The summed E-state index contributed by atoms with van der Waals surface area (Å²) in [6, 6.07) is 8.17. The summed E-state index contributed by atoms with van der Waals surface area (Å²) < 4.78 is 10.5. The Kier molecular flexibility index (Phi) is 12.6. The number of rotatable bonds is 15. The third-order valence-corrected chi connectivity index (χ3v) is 5.44. The van der Waals surface area contributed by atoms with Crippen molar-refractivity contribution in [3.8, 4) is 17.1 Å². The second kappa shape index (κ2) is 15.8. The monoisotopic (exact) mass is 466 g/mol. The molecule has 1 unspecified atom stereocenters. The van der Waals surface area contributed by atoms with E-state index in [1.165, 1.54) is 44.1 Å². The standard InChI is InChI=1S/C28H38N2O4/c1-4-5-6-7-8-9-10-15-27(32)34-26-20-29-28(30-21-26)25-18-16-24(17-19-25)14-12-11-13-22(2)33-23(3)31/h9-10,16-22H,4-8,11-15H2,1-3H3. The maximum atomic E-state index is 12.0. The number of carbonyl (C=O) groups excluding carboxylic acids is 2. The molecule has 34 heavy (non-hydrogen) atoms. The summed E-state index contributed by atoms with van der Waals surface area (Å²) in [5.41, 5.74) is 2.16. The molecule has 184 valence electrons. The van der Waals surface area contributed by atoms with E-state index in [0.717, 1.165) is 44.1 Å². The number of esters is 2. The highest BCUT2D eigenvalue weighted by Gasteiger charge is 2.07. The van der Waals surface area contributed by atoms with E-state index in [0.29, 0.717) is 11.6 Å². The molecule has 1 atom stereocenters. The molecule has 1 aromatic heterocycles. The van der Waals surface area contributed by atoms with Crippen LogP contribution in [0.2, 0.25) is 0 Å². The van der Waals surface area contributed by atoms with Crippen molar-refractivity contribution in [2.45, 2.75) is 91.1 Å². The molecule has 0 N–H and O–H groups in total. The summed E-state index contributed by atoms with van der Waals surface area (Å²) in [6.45, 7) is 5.56. The van der Waals surface area contributed by atoms with Crippen LogP contribution in [0.1, 0.15) is 84.1 Å². The van der Waals surface area contributed by atoms with Crippen LogP contribution in [-0.4, -0.2) is 28.0 Å². The van der Waals surface area contributed by atoms with Crippen LogP contribution in [0.5, 0.6) is 5.75 Å². The van der Waals surface area contributed by atoms with E-state index in [2.05, 4.69) is 29.0 Å². The van der Waals surface area contributed by atoms with Gasteiger partial charge < -0.3 is 9.47 Å². The average Bonchev–Trinajstić information content (AvgIpc) is 2.82. The lowest BCUT2D eigenvalue weighted by atomic mass is 10.0. The van der Waals surface area contributed by atoms with Crippen molar-refractivity contribution in [1.29, 1.82) is 0 Å². The summed E-state index contributed by atoms with van der Waals surface area (Å²) in [4.78, 5) is 31.6. The quantitative estimate of drug-likeness (QED) is 0.166. The topological polar surface area (TPSA) is 78.4 Å². The normalized spacial score (nSPS) is 12.0. The predicted molar refractivity (Wildman–Crippen MR) is 134 cm³/mol. The van der Waals surface area contributed by atoms with Gasteiger partial charge in [0.05, 0.1) is 24.9 Å². The smallest absolute Gasteiger partial charge is 0.315 e. The number of unbranched alkanes of at least 4 members (excludes halogenated alkanes) is 5. The van der Waals surface area contributed by atoms with Gasteiger partial charge in [0.15, 0.2) is 11.6 Å². The Bertz CT molecular complexity index is 892. The van der Waals surface area contributed by atoms with E-state index in [-0.39, 0.29) is 24.5 Å². The predicted octanol–water partition coefficient (Wildman–Crippen LogP) is 6.63. The van der Waals surface area contributed by atoms with Gasteiger partial charge in [0, 0.05) is 12.5 Å². The van der Waals surface area contributed by atoms with Crippen molar-refractivity contribution >= 4 is 11.9 Å². The van der Waals surface area contributed by atoms with Gasteiger partial charge in [-0.05, 0) is 51.0 Å². The number of hydrogen-bond acceptors (Lipinski definition) is 6. The minimum Gasteiger partial charge on any atom is -0.463 e. The maximum absolute atomic E-state index is 12.0. The summed E-state index contributed by atoms with van der Waals surface area (Å²) in [5.74, 6) is 0.406. The fourth-order valence-corrected chi connectivity index (χ4v) is 3.60. The molecule has 2 rings (SSSR count). The van der Waals surface area contributed by atoms with Crippen LogP contribution in [0, 0.1) is 0 Å². The molecule has 0 amide bonds. The van der Waals surface area contributed by atoms with Gasteiger partial charge in [-0.3, -0.25) is 9.59 Å². The number of allylic oxidation sites excluding steroid dienone is 1. The van der Waals surface area contributed by atoms with Gasteiger partial charge in [-0.2, -0.15) is 0 Å². The third-order valence-electron chi connectivity index (χ3n) is 5.44. The van der Waals surface area contributed by atoms with Crippen LogP contribution in [-0.2, 0) is 20.7 Å². The Labute approximate surface area is 203 Å². The van der Waals surface area contributed by atoms with Crippen LogP contribution < -0.4 is 4.74 Å². The lowest BCUT2D eigenvalue weighted by Crippen LogP contribution is -2.11. The van der Waals surface area contributed by atoms with E-state index >= 15 is 0 Å². The van der Waals surface area contributed by atoms with Crippen molar-refractivity contribution in [2.75, 3.05) is 0 Å². The largest absolute Gasteiger partial charge is 0.463 e. The van der Waals surface area contributed by atoms with E-state index in [4.69, 9.17) is 9.47 Å². The molecule has 0 saturated carbocycles. The van der Waals surface area contributed by atoms with Gasteiger partial charge >= 0.3 is 11.9 Å². The summed E-state index contributed by atoms with van der Waals surface area (Å²) >= 11 is 0. The lowest BCUT2D eigenvalue weighted by molar-refractivity contribution is -0.145. The molecule has 6 heteroatoms. The van der Waals surface area contributed by atoms with Crippen molar-refractivity contribution in [3.63, 3.8) is 0 Å². The minimum absolute atomic E-state index is 0.0314. The highest BCUT2D eigenvalue weighted by Crippen LogP contribution is 2.19. The first-order valence-electron chi connectivity index (χ1n) is 12.4. The zero-order valence-corrected chi connectivity index (χ0v) is 20.8. The molecule has 0 aliphatic heterocycles. The summed E-state index contributed by atoms with van der Waals surface area (Å²) in [7, 11) is 0. The molecular formula is C28H38N2O4. The first-order valence-corrected chi connectivity index (χ1v) is 12.4. The number of hydrogen-bond donors (Lipinski definition) is 0. The molecule has 2 aromatic rings. The van der Waals surface area contributed by atoms with Crippen LogP contribution in [0.3, 0.4) is 0 Å². The molecule has 0 aliphatic rings. The lowest BCUT2D eigenvalue weighted by Gasteiger charge is -2.11. The Balaban J connectivity index is 1.73. The van der Waals surface area contributed by atoms with E-state index in [1.807, 2.05) is 31.2 Å². The number of aromatic nitrogens is 2. The van der Waals surface area contributed by atoms with Crippen molar-refractivity contribution in [3.05, 3.63) is 54.4 Å². The van der Waals surface area contributed by atoms with Gasteiger partial charge in [0.25, 0.3) is 0 Å². The first kappa shape index (κ1) is 27.2. The van der Waals surface area contributed by atoms with E-state index in [1.54, 1.807) is 0 Å². The fraction of sp³-hybridized carbons (Fsp3) is 0.500. The summed E-state index contributed by atoms with van der Waals surface area (Å²) in [5, 5.41) is 0. The van der Waals surface area contributed by atoms with E-state index in [9.17, 15) is 9.59 Å². The number of ether oxygens (including phenoxy) is 2. The molecule has 0 bridgehead atoms. The second-order valence-electron chi connectivity index (χ2n) is 8.60. The fourth-order valence-electron chi connectivity index (χ4n) is 3.60. The SMILES string of the molecule is CCCCCCC=CCC(=O)Oc1cnc(-c2ccc(CCCCC(C)OC(C)=O)cc2)nc1. The van der Waals surface area contributed by atoms with Gasteiger partial charge in [0.1, 0.15) is 0 Å². The van der Waals surface area contributed by atoms with Gasteiger partial charge in [-0.25, -0.2) is 9.97 Å². The zero-order chi connectivity index (χ0) is 24.6. The zero-order valence-electron chi connectivity index (χ0n) is 20.8. The highest BCUT2D eigenvalue weighted by molar-refractivity contribution is 5.73. The molecular weight excluding hydrogens is 428 g/mol. The number of benzene rings is 1. The molecule has 1 aromatic carbocycles. The highest BCUT2D eigenvalue weighted by atomic mass is 16.5. The Morgan fingerprint density at radius 1 is 0.971 bits per heavy atom. The first-order chi connectivity index (χ1) is 16.5. The Morgan fingerprint density at radius 3 is 2.38 bits per heavy atom. The van der Waals surface area contributed by atoms with Crippen LogP contribution in [0.15, 0.2) is 48.8 Å². The molecule has 0 radical (unpaired) electrons. The molecule has 1 heterocycles. The third kappa shape index (κ3) is 11.2. The Hall–Kier alpha value is -3.02. The number of aryl methyl sites for hydroxylation is 1. The Morgan fingerprint density at radius 2 is 1.71 bits per heavy atom. The van der Waals surface area contributed by atoms with Gasteiger partial charge in [-0.15, -0.1) is 0 Å². The maximum Gasteiger partial charge on any atom is 0.315 e. The molecule has 0 spiro atoms. The molecule has 6 nitrogen and oxygen atoms in total. The van der Waals surface area contributed by atoms with Gasteiger partial charge in [-0.1, -0.05) is 62.6 Å². The van der Waals surface area contributed by atoms with Crippen LogP contribution >= 0.6 is 0 Å². The van der Waals surface area contributed by atoms with E-state index < -0.39 is 0 Å². The van der Waals surface area contributed by atoms with Crippen LogP contribution in [0.4, 0.5) is 0 Å². The van der Waals surface area contributed by atoms with Crippen molar-refractivity contribution in [2.24, 2.45) is 0 Å². The minimum atomic E-state index is -0.312. The van der Waals surface area contributed by atoms with Crippen molar-refractivity contribution in [1.82, 2.24) is 9.97 Å².